The summed E-state index contributed by atoms with van der Waals surface area (Å²) in [4.78, 5) is 4.48. The second-order valence-corrected chi connectivity index (χ2v) is 5.48. The minimum atomic E-state index is 0.529. The number of nitrogens with one attached hydrogen (secondary N) is 1. The molecule has 1 heterocycles. The molecule has 4 heteroatoms. The smallest absolute Gasteiger partial charge is 0.239 e. The lowest BCUT2D eigenvalue weighted by Gasteiger charge is -2.12. The predicted molar refractivity (Wildman–Crippen MR) is 86.0 cm³/mol. The van der Waals surface area contributed by atoms with Crippen molar-refractivity contribution in [3.05, 3.63) is 42.0 Å². The summed E-state index contributed by atoms with van der Waals surface area (Å²) in [7, 11) is 0. The molecule has 4 nitrogen and oxygen atoms in total. The first-order valence-corrected chi connectivity index (χ1v) is 7.50. The number of aryl methyl sites for hydroxylation is 1. The molecule has 2 aromatic rings. The zero-order valence-corrected chi connectivity index (χ0v) is 12.3. The lowest BCUT2D eigenvalue weighted by molar-refractivity contribution is 0.290. The van der Waals surface area contributed by atoms with Crippen LogP contribution in [0.15, 0.2) is 36.4 Å². The van der Waals surface area contributed by atoms with Gasteiger partial charge >= 0.3 is 0 Å². The molecule has 0 atom stereocenters. The van der Waals surface area contributed by atoms with Crippen LogP contribution in [-0.2, 0) is 6.42 Å². The van der Waals surface area contributed by atoms with Crippen molar-refractivity contribution in [2.24, 2.45) is 5.92 Å². The van der Waals surface area contributed by atoms with Gasteiger partial charge in [-0.3, -0.25) is 0 Å². The second kappa shape index (κ2) is 6.04. The van der Waals surface area contributed by atoms with Gasteiger partial charge in [-0.25, -0.2) is 0 Å². The SMILES string of the molecule is CCc1ccccc1Nc1ccc(N)c(OCC2CC2)n1. The normalized spacial score (nSPS) is 14.0. The van der Waals surface area contributed by atoms with E-state index in [0.717, 1.165) is 17.9 Å². The number of nitrogens with zero attached hydrogens (tertiary/aromatic N) is 1. The van der Waals surface area contributed by atoms with E-state index in [-0.39, 0.29) is 0 Å². The van der Waals surface area contributed by atoms with Crippen molar-refractivity contribution in [2.45, 2.75) is 26.2 Å². The van der Waals surface area contributed by atoms with Crippen LogP contribution < -0.4 is 15.8 Å². The number of para-hydroxylation sites is 1. The summed E-state index contributed by atoms with van der Waals surface area (Å²) in [6.07, 6.45) is 3.48. The van der Waals surface area contributed by atoms with Gasteiger partial charge in [0, 0.05) is 5.69 Å². The molecule has 0 bridgehead atoms. The standard InChI is InChI=1S/C17H21N3O/c1-2-13-5-3-4-6-15(13)19-16-10-9-14(18)17(20-16)21-11-12-7-8-12/h3-6,9-10,12H,2,7-8,11,18H2,1H3,(H,19,20). The molecule has 1 aliphatic carbocycles. The molecule has 1 aliphatic rings. The summed E-state index contributed by atoms with van der Waals surface area (Å²) < 4.78 is 5.72. The van der Waals surface area contributed by atoms with Gasteiger partial charge in [0.15, 0.2) is 0 Å². The van der Waals surface area contributed by atoms with E-state index in [1.807, 2.05) is 24.3 Å². The maximum atomic E-state index is 5.93. The molecule has 0 unspecified atom stereocenters. The molecule has 1 aromatic heterocycles. The van der Waals surface area contributed by atoms with E-state index >= 15 is 0 Å². The van der Waals surface area contributed by atoms with Gasteiger partial charge in [-0.05, 0) is 48.9 Å². The van der Waals surface area contributed by atoms with Crippen LogP contribution in [0.25, 0.3) is 0 Å². The van der Waals surface area contributed by atoms with Gasteiger partial charge in [0.2, 0.25) is 5.88 Å². The number of pyridine rings is 1. The number of hydrogen-bond donors (Lipinski definition) is 2. The Morgan fingerprint density at radius 2 is 2.05 bits per heavy atom. The Morgan fingerprint density at radius 1 is 1.24 bits per heavy atom. The minimum Gasteiger partial charge on any atom is -0.476 e. The van der Waals surface area contributed by atoms with E-state index < -0.39 is 0 Å². The lowest BCUT2D eigenvalue weighted by Crippen LogP contribution is -2.05. The van der Waals surface area contributed by atoms with Crippen molar-refractivity contribution in [2.75, 3.05) is 17.7 Å². The van der Waals surface area contributed by atoms with Gasteiger partial charge in [0.25, 0.3) is 0 Å². The average Bonchev–Trinajstić information content (AvgIpc) is 3.32. The highest BCUT2D eigenvalue weighted by atomic mass is 16.5. The molecule has 1 fully saturated rings. The summed E-state index contributed by atoms with van der Waals surface area (Å²) in [5, 5.41) is 3.35. The second-order valence-electron chi connectivity index (χ2n) is 5.48. The van der Waals surface area contributed by atoms with Crippen molar-refractivity contribution in [3.8, 4) is 5.88 Å². The maximum Gasteiger partial charge on any atom is 0.239 e. The molecular formula is C17H21N3O. The zero-order chi connectivity index (χ0) is 14.7. The number of hydrogen-bond acceptors (Lipinski definition) is 4. The molecule has 1 saturated carbocycles. The number of nitrogens with two attached hydrogens (primary N) is 1. The zero-order valence-electron chi connectivity index (χ0n) is 12.3. The van der Waals surface area contributed by atoms with Crippen molar-refractivity contribution in [1.29, 1.82) is 0 Å². The van der Waals surface area contributed by atoms with Crippen LogP contribution in [0.5, 0.6) is 5.88 Å². The van der Waals surface area contributed by atoms with Crippen molar-refractivity contribution < 1.29 is 4.74 Å². The van der Waals surface area contributed by atoms with Crippen molar-refractivity contribution >= 4 is 17.2 Å². The highest BCUT2D eigenvalue weighted by Crippen LogP contribution is 2.31. The fraction of sp³-hybridized carbons (Fsp3) is 0.353. The number of aromatic nitrogens is 1. The highest BCUT2D eigenvalue weighted by Gasteiger charge is 2.22. The Balaban J connectivity index is 1.76. The number of anilines is 3. The third-order valence-corrected chi connectivity index (χ3v) is 3.70. The fourth-order valence-corrected chi connectivity index (χ4v) is 2.21. The minimum absolute atomic E-state index is 0.529. The summed E-state index contributed by atoms with van der Waals surface area (Å²) in [5.74, 6) is 1.97. The molecule has 1 aromatic carbocycles. The first kappa shape index (κ1) is 13.7. The van der Waals surface area contributed by atoms with E-state index in [2.05, 4.69) is 29.4 Å². The Bertz CT molecular complexity index is 623. The van der Waals surface area contributed by atoms with Crippen LogP contribution in [0.1, 0.15) is 25.3 Å². The summed E-state index contributed by atoms with van der Waals surface area (Å²) >= 11 is 0. The molecule has 3 N–H and O–H groups in total. The van der Waals surface area contributed by atoms with E-state index in [0.29, 0.717) is 24.1 Å². The summed E-state index contributed by atoms with van der Waals surface area (Å²) in [6, 6.07) is 12.0. The number of rotatable bonds is 6. The van der Waals surface area contributed by atoms with E-state index in [1.54, 1.807) is 0 Å². The number of nitrogen functional groups attached to an aromatic ring is 1. The third-order valence-electron chi connectivity index (χ3n) is 3.70. The Hall–Kier alpha value is -2.23. The van der Waals surface area contributed by atoms with E-state index in [1.165, 1.54) is 18.4 Å². The molecule has 0 spiro atoms. The van der Waals surface area contributed by atoms with Crippen LogP contribution in [0.4, 0.5) is 17.2 Å². The number of benzene rings is 1. The van der Waals surface area contributed by atoms with Gasteiger partial charge in [-0.2, -0.15) is 4.98 Å². The third kappa shape index (κ3) is 3.45. The van der Waals surface area contributed by atoms with Crippen molar-refractivity contribution in [1.82, 2.24) is 4.98 Å². The van der Waals surface area contributed by atoms with E-state index in [4.69, 9.17) is 10.5 Å². The molecule has 0 saturated heterocycles. The average molecular weight is 283 g/mol. The molecule has 0 radical (unpaired) electrons. The van der Waals surface area contributed by atoms with Crippen LogP contribution in [0, 0.1) is 5.92 Å². The molecule has 21 heavy (non-hydrogen) atoms. The van der Waals surface area contributed by atoms with Crippen LogP contribution in [0.2, 0.25) is 0 Å². The van der Waals surface area contributed by atoms with Gasteiger partial charge in [0.05, 0.1) is 12.3 Å². The quantitative estimate of drug-likeness (QED) is 0.847. The lowest BCUT2D eigenvalue weighted by atomic mass is 10.1. The summed E-state index contributed by atoms with van der Waals surface area (Å²) in [6.45, 7) is 2.85. The van der Waals surface area contributed by atoms with Crippen molar-refractivity contribution in [3.63, 3.8) is 0 Å². The molecule has 3 rings (SSSR count). The van der Waals surface area contributed by atoms with Crippen LogP contribution in [0.3, 0.4) is 0 Å². The molecule has 0 aliphatic heterocycles. The first-order valence-electron chi connectivity index (χ1n) is 7.50. The summed E-state index contributed by atoms with van der Waals surface area (Å²) in [5.41, 5.74) is 8.85. The predicted octanol–water partition coefficient (Wildman–Crippen LogP) is 3.76. The Kier molecular flexibility index (Phi) is 3.95. The topological polar surface area (TPSA) is 60.2 Å². The largest absolute Gasteiger partial charge is 0.476 e. The monoisotopic (exact) mass is 283 g/mol. The van der Waals surface area contributed by atoms with Crippen LogP contribution >= 0.6 is 0 Å². The van der Waals surface area contributed by atoms with Gasteiger partial charge in [-0.15, -0.1) is 0 Å². The fourth-order valence-electron chi connectivity index (χ4n) is 2.21. The van der Waals surface area contributed by atoms with E-state index in [9.17, 15) is 0 Å². The van der Waals surface area contributed by atoms with Gasteiger partial charge in [0.1, 0.15) is 5.82 Å². The van der Waals surface area contributed by atoms with Crippen LogP contribution in [-0.4, -0.2) is 11.6 Å². The highest BCUT2D eigenvalue weighted by molar-refractivity contribution is 5.63. The Morgan fingerprint density at radius 3 is 2.81 bits per heavy atom. The van der Waals surface area contributed by atoms with Gasteiger partial charge in [-0.1, -0.05) is 25.1 Å². The molecular weight excluding hydrogens is 262 g/mol. The Labute approximate surface area is 125 Å². The first-order chi connectivity index (χ1) is 10.3. The molecule has 0 amide bonds. The maximum absolute atomic E-state index is 5.93. The number of ether oxygens (including phenoxy) is 1. The van der Waals surface area contributed by atoms with Gasteiger partial charge < -0.3 is 15.8 Å². The molecule has 110 valence electrons.